The van der Waals surface area contributed by atoms with E-state index in [4.69, 9.17) is 4.74 Å². The zero-order valence-corrected chi connectivity index (χ0v) is 14.0. The summed E-state index contributed by atoms with van der Waals surface area (Å²) in [6, 6.07) is 7.87. The van der Waals surface area contributed by atoms with Crippen LogP contribution in [0.4, 0.5) is 0 Å². The highest BCUT2D eigenvalue weighted by Crippen LogP contribution is 2.30. The van der Waals surface area contributed by atoms with E-state index >= 15 is 0 Å². The van der Waals surface area contributed by atoms with Gasteiger partial charge in [-0.1, -0.05) is 45.0 Å². The maximum Gasteiger partial charge on any atom is 0.181 e. The molecule has 2 aromatic rings. The van der Waals surface area contributed by atoms with E-state index in [0.717, 1.165) is 5.56 Å². The predicted molar refractivity (Wildman–Crippen MR) is 87.2 cm³/mol. The number of H-pyrrole nitrogens is 1. The number of aromatic amines is 1. The molecule has 0 amide bonds. The molecule has 1 fully saturated rings. The van der Waals surface area contributed by atoms with E-state index in [-0.39, 0.29) is 24.5 Å². The Balaban J connectivity index is 1.88. The third kappa shape index (κ3) is 2.95. The molecule has 1 aliphatic rings. The molecule has 0 aliphatic carbocycles. The lowest BCUT2D eigenvalue weighted by molar-refractivity contribution is -0.214. The van der Waals surface area contributed by atoms with Crippen LogP contribution in [-0.2, 0) is 15.8 Å². The van der Waals surface area contributed by atoms with Gasteiger partial charge in [0.15, 0.2) is 17.2 Å². The van der Waals surface area contributed by atoms with Gasteiger partial charge in [-0.15, -0.1) is 0 Å². The maximum absolute atomic E-state index is 10.6. The van der Waals surface area contributed by atoms with Crippen LogP contribution in [0.1, 0.15) is 32.2 Å². The fourth-order valence-electron chi connectivity index (χ4n) is 2.74. The Bertz CT molecular complexity index is 707. The van der Waals surface area contributed by atoms with Crippen LogP contribution in [0.5, 0.6) is 0 Å². The van der Waals surface area contributed by atoms with E-state index in [2.05, 4.69) is 36.0 Å². The van der Waals surface area contributed by atoms with Gasteiger partial charge in [0.05, 0.1) is 13.2 Å². The van der Waals surface area contributed by atoms with Gasteiger partial charge >= 0.3 is 0 Å². The first kappa shape index (κ1) is 17.0. The van der Waals surface area contributed by atoms with E-state index in [1.165, 1.54) is 5.56 Å². The highest BCUT2D eigenvalue weighted by molar-refractivity contribution is 5.55. The van der Waals surface area contributed by atoms with Crippen LogP contribution in [0.2, 0.25) is 0 Å². The number of aliphatic hydroxyl groups is 3. The molecule has 3 atom stereocenters. The second-order valence-electron chi connectivity index (χ2n) is 7.29. The fraction of sp³-hybridized carbons (Fsp3) is 0.529. The molecule has 0 saturated carbocycles. The summed E-state index contributed by atoms with van der Waals surface area (Å²) in [6.45, 7) is 6.22. The van der Waals surface area contributed by atoms with Crippen molar-refractivity contribution in [1.82, 2.24) is 15.2 Å². The zero-order chi connectivity index (χ0) is 17.5. The second-order valence-corrected chi connectivity index (χ2v) is 7.29. The molecule has 0 spiro atoms. The van der Waals surface area contributed by atoms with Crippen molar-refractivity contribution in [3.05, 3.63) is 35.7 Å². The van der Waals surface area contributed by atoms with Crippen LogP contribution < -0.4 is 0 Å². The first-order chi connectivity index (χ1) is 11.2. The summed E-state index contributed by atoms with van der Waals surface area (Å²) in [7, 11) is 0. The number of hydrogen-bond acceptors (Lipinski definition) is 6. The topological polar surface area (TPSA) is 111 Å². The van der Waals surface area contributed by atoms with Crippen molar-refractivity contribution >= 4 is 0 Å². The monoisotopic (exact) mass is 333 g/mol. The Hall–Kier alpha value is -1.80. The number of benzene rings is 1. The molecule has 7 nitrogen and oxygen atoms in total. The van der Waals surface area contributed by atoms with Crippen LogP contribution in [0.25, 0.3) is 11.4 Å². The molecule has 1 saturated heterocycles. The summed E-state index contributed by atoms with van der Waals surface area (Å²) in [6.07, 6.45) is -2.57. The molecule has 1 aliphatic heterocycles. The van der Waals surface area contributed by atoms with Crippen molar-refractivity contribution in [2.24, 2.45) is 0 Å². The van der Waals surface area contributed by atoms with E-state index < -0.39 is 17.8 Å². The number of aromatic nitrogens is 3. The number of hydrogen-bond donors (Lipinski definition) is 4. The average Bonchev–Trinajstić information content (AvgIpc) is 3.02. The smallest absolute Gasteiger partial charge is 0.181 e. The Labute approximate surface area is 140 Å². The van der Waals surface area contributed by atoms with Gasteiger partial charge in [-0.2, -0.15) is 5.10 Å². The Morgan fingerprint density at radius 3 is 2.50 bits per heavy atom. The van der Waals surface area contributed by atoms with E-state index in [1.807, 2.05) is 24.3 Å². The molecule has 0 bridgehead atoms. The second kappa shape index (κ2) is 5.93. The van der Waals surface area contributed by atoms with Gasteiger partial charge < -0.3 is 20.1 Å². The molecule has 3 rings (SSSR count). The van der Waals surface area contributed by atoms with Crippen molar-refractivity contribution in [2.45, 2.75) is 44.0 Å². The summed E-state index contributed by atoms with van der Waals surface area (Å²) in [4.78, 5) is 4.28. The minimum atomic E-state index is -1.81. The fourth-order valence-corrected chi connectivity index (χ4v) is 2.74. The van der Waals surface area contributed by atoms with Gasteiger partial charge in [0.25, 0.3) is 0 Å². The summed E-state index contributed by atoms with van der Waals surface area (Å²) >= 11 is 0. The van der Waals surface area contributed by atoms with Gasteiger partial charge in [-0.3, -0.25) is 5.10 Å². The van der Waals surface area contributed by atoms with Crippen molar-refractivity contribution in [1.29, 1.82) is 0 Å². The molecule has 0 unspecified atom stereocenters. The number of nitrogens with zero attached hydrogens (tertiary/aromatic N) is 2. The van der Waals surface area contributed by atoms with Crippen molar-refractivity contribution in [3.8, 4) is 11.4 Å². The van der Waals surface area contributed by atoms with Crippen LogP contribution in [0.3, 0.4) is 0 Å². The van der Waals surface area contributed by atoms with Crippen LogP contribution in [-0.4, -0.2) is 55.9 Å². The number of aliphatic hydroxyl groups excluding tert-OH is 2. The summed E-state index contributed by atoms with van der Waals surface area (Å²) in [5.41, 5.74) is 0.229. The van der Waals surface area contributed by atoms with Crippen molar-refractivity contribution in [3.63, 3.8) is 0 Å². The molecule has 4 N–H and O–H groups in total. The van der Waals surface area contributed by atoms with Crippen LogP contribution in [0, 0.1) is 0 Å². The quantitative estimate of drug-likeness (QED) is 0.644. The number of rotatable bonds is 2. The predicted octanol–water partition coefficient (Wildman–Crippen LogP) is 0.709. The van der Waals surface area contributed by atoms with Crippen LogP contribution >= 0.6 is 0 Å². The Morgan fingerprint density at radius 1 is 1.21 bits per heavy atom. The van der Waals surface area contributed by atoms with Crippen molar-refractivity contribution in [2.75, 3.05) is 13.2 Å². The van der Waals surface area contributed by atoms with Gasteiger partial charge in [0.1, 0.15) is 12.2 Å². The molecule has 2 heterocycles. The zero-order valence-electron chi connectivity index (χ0n) is 14.0. The van der Waals surface area contributed by atoms with Gasteiger partial charge in [-0.05, 0) is 11.0 Å². The van der Waals surface area contributed by atoms with Gasteiger partial charge in [-0.25, -0.2) is 4.98 Å². The summed E-state index contributed by atoms with van der Waals surface area (Å²) in [5.74, 6) is 0.481. The van der Waals surface area contributed by atoms with Crippen LogP contribution in [0.15, 0.2) is 24.3 Å². The van der Waals surface area contributed by atoms with Gasteiger partial charge in [0.2, 0.25) is 0 Å². The Kier molecular flexibility index (Phi) is 4.21. The highest BCUT2D eigenvalue weighted by atomic mass is 16.5. The standard InChI is InChI=1S/C17H23N3O4/c1-16(2,3)11-6-4-10(5-7-11)14-18-15(20-19-14)17(23)9-24-8-12(21)13(17)22/h4-7,12-13,21-23H,8-9H2,1-3H3,(H,18,19,20)/t12-,13+,17-/m0/s1. The molecule has 24 heavy (non-hydrogen) atoms. The molecule has 130 valence electrons. The third-order valence-corrected chi connectivity index (χ3v) is 4.37. The summed E-state index contributed by atoms with van der Waals surface area (Å²) in [5, 5.41) is 37.2. The molecule has 7 heteroatoms. The number of nitrogens with one attached hydrogen (secondary N) is 1. The summed E-state index contributed by atoms with van der Waals surface area (Å²) < 4.78 is 5.14. The normalized spacial score (nSPS) is 28.1. The largest absolute Gasteiger partial charge is 0.388 e. The lowest BCUT2D eigenvalue weighted by atomic mass is 9.87. The van der Waals surface area contributed by atoms with E-state index in [1.54, 1.807) is 0 Å². The molecule has 1 aromatic heterocycles. The average molecular weight is 333 g/mol. The minimum absolute atomic E-state index is 0.0290. The molecule has 0 radical (unpaired) electrons. The van der Waals surface area contributed by atoms with Crippen molar-refractivity contribution < 1.29 is 20.1 Å². The lowest BCUT2D eigenvalue weighted by Gasteiger charge is -2.37. The van der Waals surface area contributed by atoms with E-state index in [0.29, 0.717) is 5.82 Å². The third-order valence-electron chi connectivity index (χ3n) is 4.37. The van der Waals surface area contributed by atoms with Gasteiger partial charge in [0, 0.05) is 5.56 Å². The molecule has 1 aromatic carbocycles. The first-order valence-electron chi connectivity index (χ1n) is 7.92. The minimum Gasteiger partial charge on any atom is -0.388 e. The Morgan fingerprint density at radius 2 is 1.88 bits per heavy atom. The molecular weight excluding hydrogens is 310 g/mol. The first-order valence-corrected chi connectivity index (χ1v) is 7.92. The number of ether oxygens (including phenoxy) is 1. The van der Waals surface area contributed by atoms with E-state index in [9.17, 15) is 15.3 Å². The highest BCUT2D eigenvalue weighted by Gasteiger charge is 2.48. The lowest BCUT2D eigenvalue weighted by Crippen LogP contribution is -2.56. The molecular formula is C17H23N3O4. The maximum atomic E-state index is 10.6. The SMILES string of the molecule is CC(C)(C)c1ccc(-c2n[nH]c([C@]3(O)COC[C@H](O)[C@H]3O)n2)cc1.